The molecule has 0 spiro atoms. The summed E-state index contributed by atoms with van der Waals surface area (Å²) in [5, 5.41) is 2.77. The molecule has 0 aliphatic heterocycles. The lowest BCUT2D eigenvalue weighted by atomic mass is 10.0. The van der Waals surface area contributed by atoms with Crippen LogP contribution in [0.2, 0.25) is 0 Å². The first-order valence-corrected chi connectivity index (χ1v) is 8.38. The van der Waals surface area contributed by atoms with Gasteiger partial charge < -0.3 is 14.8 Å². The molecular weight excluding hydrogens is 298 g/mol. The Hall–Kier alpha value is -1.59. The summed E-state index contributed by atoms with van der Waals surface area (Å²) in [7, 11) is 1.41. The first-order chi connectivity index (χ1) is 10.9. The molecule has 6 nitrogen and oxygen atoms in total. The van der Waals surface area contributed by atoms with E-state index in [2.05, 4.69) is 10.1 Å². The normalized spacial score (nSPS) is 13.0. The van der Waals surface area contributed by atoms with Crippen LogP contribution in [-0.4, -0.2) is 37.1 Å². The molecule has 0 bridgehead atoms. The van der Waals surface area contributed by atoms with Crippen molar-refractivity contribution in [1.29, 1.82) is 0 Å². The molecule has 0 aromatic rings. The molecule has 23 heavy (non-hydrogen) atoms. The summed E-state index contributed by atoms with van der Waals surface area (Å²) in [5.41, 5.74) is 0. The van der Waals surface area contributed by atoms with Gasteiger partial charge in [-0.15, -0.1) is 0 Å². The molecule has 6 heteroatoms. The highest BCUT2D eigenvalue weighted by molar-refractivity contribution is 5.73. The summed E-state index contributed by atoms with van der Waals surface area (Å²) in [5.74, 6) is -0.601. The Labute approximate surface area is 139 Å². The maximum atomic E-state index is 11.2. The van der Waals surface area contributed by atoms with Gasteiger partial charge in [0.15, 0.2) is 0 Å². The Morgan fingerprint density at radius 1 is 0.957 bits per heavy atom. The minimum absolute atomic E-state index is 0.125. The molecule has 0 radical (unpaired) electrons. The van der Waals surface area contributed by atoms with Gasteiger partial charge in [0.1, 0.15) is 6.10 Å². The monoisotopic (exact) mass is 329 g/mol. The van der Waals surface area contributed by atoms with Crippen LogP contribution in [0.15, 0.2) is 0 Å². The lowest BCUT2D eigenvalue weighted by molar-refractivity contribution is -0.149. The van der Waals surface area contributed by atoms with Gasteiger partial charge in [-0.3, -0.25) is 14.4 Å². The minimum Gasteiger partial charge on any atom is -0.469 e. The van der Waals surface area contributed by atoms with Crippen LogP contribution in [0.25, 0.3) is 0 Å². The Balaban J connectivity index is 3.84. The van der Waals surface area contributed by atoms with Crippen molar-refractivity contribution in [3.05, 3.63) is 0 Å². The zero-order chi connectivity index (χ0) is 17.7. The van der Waals surface area contributed by atoms with Crippen LogP contribution in [-0.2, 0) is 23.9 Å². The topological polar surface area (TPSA) is 81.7 Å². The quantitative estimate of drug-likeness (QED) is 0.440. The van der Waals surface area contributed by atoms with Gasteiger partial charge in [-0.25, -0.2) is 0 Å². The van der Waals surface area contributed by atoms with E-state index in [1.54, 1.807) is 0 Å². The fourth-order valence-corrected chi connectivity index (χ4v) is 2.46. The van der Waals surface area contributed by atoms with Crippen molar-refractivity contribution in [3.8, 4) is 0 Å². The average Bonchev–Trinajstić information content (AvgIpc) is 2.47. The predicted octanol–water partition coefficient (Wildman–Crippen LogP) is 2.74. The smallest absolute Gasteiger partial charge is 0.305 e. The molecule has 0 aromatic heterocycles. The number of nitrogens with one attached hydrogen (secondary N) is 1. The second kappa shape index (κ2) is 12.9. The van der Waals surface area contributed by atoms with Gasteiger partial charge in [-0.2, -0.15) is 0 Å². The van der Waals surface area contributed by atoms with Crippen molar-refractivity contribution in [2.75, 3.05) is 7.11 Å². The summed E-state index contributed by atoms with van der Waals surface area (Å²) in [6.45, 7) is 4.69. The molecule has 2 atom stereocenters. The van der Waals surface area contributed by atoms with Crippen LogP contribution in [0.5, 0.6) is 0 Å². The molecular formula is C17H31NO5. The number of amides is 1. The number of carbonyl (C=O) groups is 3. The predicted molar refractivity (Wildman–Crippen MR) is 87.8 cm³/mol. The summed E-state index contributed by atoms with van der Waals surface area (Å²) >= 11 is 0. The molecule has 1 amide bonds. The van der Waals surface area contributed by atoms with Crippen molar-refractivity contribution in [2.24, 2.45) is 0 Å². The van der Waals surface area contributed by atoms with E-state index in [4.69, 9.17) is 4.74 Å². The fraction of sp³-hybridized carbons (Fsp3) is 0.824. The van der Waals surface area contributed by atoms with E-state index in [0.29, 0.717) is 6.42 Å². The Kier molecular flexibility index (Phi) is 12.0. The number of carbonyl (C=O) groups excluding carboxylic acids is 3. The third kappa shape index (κ3) is 12.6. The van der Waals surface area contributed by atoms with Crippen LogP contribution in [0.1, 0.15) is 72.1 Å². The van der Waals surface area contributed by atoms with Crippen LogP contribution in [0.3, 0.4) is 0 Å². The van der Waals surface area contributed by atoms with Crippen molar-refractivity contribution < 1.29 is 23.9 Å². The molecule has 134 valence electrons. The lowest BCUT2D eigenvalue weighted by Gasteiger charge is -2.24. The number of ether oxygens (including phenoxy) is 2. The van der Waals surface area contributed by atoms with E-state index in [0.717, 1.165) is 44.9 Å². The summed E-state index contributed by atoms with van der Waals surface area (Å²) in [6.07, 6.45) is 6.98. The van der Waals surface area contributed by atoms with E-state index in [1.165, 1.54) is 21.0 Å². The summed E-state index contributed by atoms with van der Waals surface area (Å²) in [6, 6.07) is -0.184. The molecule has 0 aliphatic rings. The molecule has 0 saturated carbocycles. The van der Waals surface area contributed by atoms with E-state index >= 15 is 0 Å². The molecule has 1 N–H and O–H groups in total. The third-order valence-electron chi connectivity index (χ3n) is 3.65. The first-order valence-electron chi connectivity index (χ1n) is 8.38. The zero-order valence-electron chi connectivity index (χ0n) is 14.9. The number of rotatable bonds is 12. The van der Waals surface area contributed by atoms with Gasteiger partial charge in [0.05, 0.1) is 13.2 Å². The second-order valence-corrected chi connectivity index (χ2v) is 5.87. The van der Waals surface area contributed by atoms with E-state index < -0.39 is 0 Å². The molecule has 0 rings (SSSR count). The van der Waals surface area contributed by atoms with Crippen molar-refractivity contribution in [2.45, 2.75) is 84.3 Å². The van der Waals surface area contributed by atoms with E-state index in [-0.39, 0.29) is 30.0 Å². The number of unbranched alkanes of at least 4 members (excludes halogenated alkanes) is 5. The highest BCUT2D eigenvalue weighted by Crippen LogP contribution is 2.14. The standard InChI is InChI=1S/C17H31NO5/c1-13(18-14(2)19)16(23-15(3)20)11-9-7-5-6-8-10-12-17(21)22-4/h13,16H,5-12H2,1-4H3,(H,18,19)/t13-,16-/m1/s1. The van der Waals surface area contributed by atoms with Gasteiger partial charge in [0.25, 0.3) is 0 Å². The maximum Gasteiger partial charge on any atom is 0.305 e. The Bertz CT molecular complexity index is 370. The number of esters is 2. The highest BCUT2D eigenvalue weighted by atomic mass is 16.5. The SMILES string of the molecule is COC(=O)CCCCCCCC[C@@H](OC(C)=O)[C@@H](C)NC(C)=O. The van der Waals surface area contributed by atoms with Crippen molar-refractivity contribution >= 4 is 17.8 Å². The van der Waals surface area contributed by atoms with Gasteiger partial charge in [-0.1, -0.05) is 25.7 Å². The molecule has 0 heterocycles. The maximum absolute atomic E-state index is 11.2. The van der Waals surface area contributed by atoms with Crippen molar-refractivity contribution in [3.63, 3.8) is 0 Å². The van der Waals surface area contributed by atoms with Gasteiger partial charge in [0, 0.05) is 20.3 Å². The molecule has 0 saturated heterocycles. The van der Waals surface area contributed by atoms with Crippen LogP contribution in [0.4, 0.5) is 0 Å². The number of hydrogen-bond donors (Lipinski definition) is 1. The first kappa shape index (κ1) is 21.4. The molecule has 0 fully saturated rings. The fourth-order valence-electron chi connectivity index (χ4n) is 2.46. The van der Waals surface area contributed by atoms with Crippen LogP contribution < -0.4 is 5.32 Å². The Morgan fingerprint density at radius 2 is 1.52 bits per heavy atom. The van der Waals surface area contributed by atoms with Gasteiger partial charge >= 0.3 is 11.9 Å². The van der Waals surface area contributed by atoms with Gasteiger partial charge in [-0.05, 0) is 26.2 Å². The van der Waals surface area contributed by atoms with Crippen LogP contribution in [0, 0.1) is 0 Å². The molecule has 0 unspecified atom stereocenters. The summed E-state index contributed by atoms with van der Waals surface area (Å²) in [4.78, 5) is 33.2. The largest absolute Gasteiger partial charge is 0.469 e. The van der Waals surface area contributed by atoms with Gasteiger partial charge in [0.2, 0.25) is 5.91 Å². The highest BCUT2D eigenvalue weighted by Gasteiger charge is 2.20. The summed E-state index contributed by atoms with van der Waals surface area (Å²) < 4.78 is 9.88. The van der Waals surface area contributed by atoms with Crippen molar-refractivity contribution in [1.82, 2.24) is 5.32 Å². The number of hydrogen-bond acceptors (Lipinski definition) is 5. The van der Waals surface area contributed by atoms with E-state index in [1.807, 2.05) is 6.92 Å². The Morgan fingerprint density at radius 3 is 2.04 bits per heavy atom. The third-order valence-corrected chi connectivity index (χ3v) is 3.65. The average molecular weight is 329 g/mol. The lowest BCUT2D eigenvalue weighted by Crippen LogP contribution is -2.42. The number of methoxy groups -OCH3 is 1. The molecule has 0 aliphatic carbocycles. The zero-order valence-corrected chi connectivity index (χ0v) is 14.9. The second-order valence-electron chi connectivity index (χ2n) is 5.87. The van der Waals surface area contributed by atoms with Crippen LogP contribution >= 0.6 is 0 Å². The van der Waals surface area contributed by atoms with E-state index in [9.17, 15) is 14.4 Å². The molecule has 0 aromatic carbocycles. The minimum atomic E-state index is -0.324.